The molecule has 3 aromatic rings. The van der Waals surface area contributed by atoms with Crippen LogP contribution >= 0.6 is 11.6 Å². The molecule has 3 rings (SSSR count). The van der Waals surface area contributed by atoms with Gasteiger partial charge >= 0.3 is 0 Å². The van der Waals surface area contributed by atoms with E-state index >= 15 is 0 Å². The van der Waals surface area contributed by atoms with Gasteiger partial charge in [0.1, 0.15) is 12.6 Å². The summed E-state index contributed by atoms with van der Waals surface area (Å²) in [7, 11) is -4.09. The molecule has 7 nitrogen and oxygen atoms in total. The van der Waals surface area contributed by atoms with Gasteiger partial charge in [0.05, 0.1) is 10.6 Å². The normalized spacial score (nSPS) is 12.0. The summed E-state index contributed by atoms with van der Waals surface area (Å²) in [4.78, 5) is 28.5. The first-order valence-electron chi connectivity index (χ1n) is 13.2. The number of unbranched alkanes of at least 4 members (excludes halogenated alkanes) is 1. The lowest BCUT2D eigenvalue weighted by Gasteiger charge is -2.32. The standard InChI is InChI=1S/C30H36ClN3O4S/c1-4-6-19-32-30(36)23(3)33(21-24-13-12-15-26(31)20-24)29(35)22-34(28-18-11-10-14-25(28)5-2)39(37,38)27-16-8-7-9-17-27/h7-18,20,23H,4-6,19,21-22H2,1-3H3,(H,32,36). The fraction of sp³-hybridized carbons (Fsp3) is 0.333. The Balaban J connectivity index is 2.02. The van der Waals surface area contributed by atoms with Crippen LogP contribution in [-0.4, -0.2) is 44.3 Å². The van der Waals surface area contributed by atoms with Crippen molar-refractivity contribution < 1.29 is 18.0 Å². The number of amides is 2. The second kappa shape index (κ2) is 14.1. The quantitative estimate of drug-likeness (QED) is 0.278. The number of para-hydroxylation sites is 1. The predicted molar refractivity (Wildman–Crippen MR) is 156 cm³/mol. The van der Waals surface area contributed by atoms with Gasteiger partial charge in [-0.2, -0.15) is 0 Å². The monoisotopic (exact) mass is 569 g/mol. The van der Waals surface area contributed by atoms with Gasteiger partial charge in [0.25, 0.3) is 10.0 Å². The van der Waals surface area contributed by atoms with E-state index in [0.29, 0.717) is 23.7 Å². The van der Waals surface area contributed by atoms with Gasteiger partial charge in [0.15, 0.2) is 0 Å². The van der Waals surface area contributed by atoms with Crippen LogP contribution in [0.15, 0.2) is 83.8 Å². The lowest BCUT2D eigenvalue weighted by atomic mass is 10.1. The lowest BCUT2D eigenvalue weighted by Crippen LogP contribution is -2.51. The molecule has 2 amide bonds. The van der Waals surface area contributed by atoms with Crippen LogP contribution in [0.5, 0.6) is 0 Å². The van der Waals surface area contributed by atoms with Crippen LogP contribution in [0.1, 0.15) is 44.7 Å². The third-order valence-electron chi connectivity index (χ3n) is 6.49. The van der Waals surface area contributed by atoms with Gasteiger partial charge in [-0.25, -0.2) is 8.42 Å². The predicted octanol–water partition coefficient (Wildman–Crippen LogP) is 5.43. The van der Waals surface area contributed by atoms with Crippen molar-refractivity contribution in [3.05, 3.63) is 95.0 Å². The molecule has 39 heavy (non-hydrogen) atoms. The van der Waals surface area contributed by atoms with Gasteiger partial charge in [-0.15, -0.1) is 0 Å². The van der Waals surface area contributed by atoms with Crippen molar-refractivity contribution in [3.63, 3.8) is 0 Å². The van der Waals surface area contributed by atoms with E-state index in [4.69, 9.17) is 11.6 Å². The number of nitrogens with one attached hydrogen (secondary N) is 1. The molecule has 9 heteroatoms. The smallest absolute Gasteiger partial charge is 0.264 e. The van der Waals surface area contributed by atoms with Crippen LogP contribution in [-0.2, 0) is 32.6 Å². The van der Waals surface area contributed by atoms with Crippen LogP contribution in [0.4, 0.5) is 5.69 Å². The van der Waals surface area contributed by atoms with Crippen molar-refractivity contribution >= 4 is 39.1 Å². The molecule has 0 aliphatic rings. The molecule has 3 aromatic carbocycles. The topological polar surface area (TPSA) is 86.8 Å². The van der Waals surface area contributed by atoms with E-state index in [1.165, 1.54) is 17.0 Å². The van der Waals surface area contributed by atoms with Gasteiger partial charge in [0.2, 0.25) is 11.8 Å². The minimum Gasteiger partial charge on any atom is -0.354 e. The molecule has 0 aliphatic heterocycles. The molecule has 0 spiro atoms. The number of halogens is 1. The Morgan fingerprint density at radius 3 is 2.31 bits per heavy atom. The average molecular weight is 570 g/mol. The molecule has 0 saturated heterocycles. The summed E-state index contributed by atoms with van der Waals surface area (Å²) < 4.78 is 28.9. The molecule has 0 radical (unpaired) electrons. The first-order chi connectivity index (χ1) is 18.7. The minimum absolute atomic E-state index is 0.0791. The number of sulfonamides is 1. The summed E-state index contributed by atoms with van der Waals surface area (Å²) in [5.41, 5.74) is 1.95. The van der Waals surface area contributed by atoms with Crippen molar-refractivity contribution in [2.24, 2.45) is 0 Å². The Morgan fingerprint density at radius 1 is 0.949 bits per heavy atom. The highest BCUT2D eigenvalue weighted by atomic mass is 35.5. The Labute approximate surface area is 236 Å². The molecular weight excluding hydrogens is 534 g/mol. The zero-order chi connectivity index (χ0) is 28.4. The zero-order valence-electron chi connectivity index (χ0n) is 22.6. The van der Waals surface area contributed by atoms with Gasteiger partial charge in [-0.1, -0.05) is 80.4 Å². The zero-order valence-corrected chi connectivity index (χ0v) is 24.2. The third-order valence-corrected chi connectivity index (χ3v) is 8.50. The highest BCUT2D eigenvalue weighted by molar-refractivity contribution is 7.92. The van der Waals surface area contributed by atoms with E-state index in [1.807, 2.05) is 32.0 Å². The molecule has 1 unspecified atom stereocenters. The average Bonchev–Trinajstić information content (AvgIpc) is 2.94. The lowest BCUT2D eigenvalue weighted by molar-refractivity contribution is -0.139. The van der Waals surface area contributed by atoms with Crippen LogP contribution in [0.2, 0.25) is 5.02 Å². The van der Waals surface area contributed by atoms with Crippen molar-refractivity contribution in [2.45, 2.75) is 57.5 Å². The van der Waals surface area contributed by atoms with Crippen LogP contribution in [0.3, 0.4) is 0 Å². The summed E-state index contributed by atoms with van der Waals surface area (Å²) in [5.74, 6) is -0.802. The molecular formula is C30H36ClN3O4S. The van der Waals surface area contributed by atoms with Crippen molar-refractivity contribution in [1.29, 1.82) is 0 Å². The number of aryl methyl sites for hydroxylation is 1. The molecule has 0 aliphatic carbocycles. The van der Waals surface area contributed by atoms with Gasteiger partial charge in [0, 0.05) is 18.1 Å². The largest absolute Gasteiger partial charge is 0.354 e. The second-order valence-electron chi connectivity index (χ2n) is 9.28. The molecule has 208 valence electrons. The first-order valence-corrected chi connectivity index (χ1v) is 15.0. The SMILES string of the molecule is CCCCNC(=O)C(C)N(Cc1cccc(Cl)c1)C(=O)CN(c1ccccc1CC)S(=O)(=O)c1ccccc1. The Morgan fingerprint density at radius 2 is 1.64 bits per heavy atom. The van der Waals surface area contributed by atoms with Crippen molar-refractivity contribution in [3.8, 4) is 0 Å². The highest BCUT2D eigenvalue weighted by Crippen LogP contribution is 2.28. The van der Waals surface area contributed by atoms with Gasteiger partial charge < -0.3 is 10.2 Å². The number of carbonyl (C=O) groups is 2. The van der Waals surface area contributed by atoms with E-state index in [0.717, 1.165) is 28.3 Å². The molecule has 0 fully saturated rings. The van der Waals surface area contributed by atoms with Crippen LogP contribution in [0.25, 0.3) is 0 Å². The van der Waals surface area contributed by atoms with E-state index in [-0.39, 0.29) is 17.3 Å². The Kier molecular flexibility index (Phi) is 10.9. The van der Waals surface area contributed by atoms with Crippen LogP contribution < -0.4 is 9.62 Å². The van der Waals surface area contributed by atoms with Gasteiger partial charge in [-0.3, -0.25) is 13.9 Å². The Hall–Kier alpha value is -3.36. The van der Waals surface area contributed by atoms with Crippen LogP contribution in [0, 0.1) is 0 Å². The van der Waals surface area contributed by atoms with Crippen molar-refractivity contribution in [1.82, 2.24) is 10.2 Å². The summed E-state index contributed by atoms with van der Waals surface area (Å²) in [6.45, 7) is 5.73. The molecule has 0 saturated carbocycles. The number of hydrogen-bond acceptors (Lipinski definition) is 4. The molecule has 0 bridgehead atoms. The summed E-state index contributed by atoms with van der Waals surface area (Å²) in [6.07, 6.45) is 2.31. The molecule has 1 atom stereocenters. The van der Waals surface area contributed by atoms with E-state index in [9.17, 15) is 18.0 Å². The second-order valence-corrected chi connectivity index (χ2v) is 11.6. The number of carbonyl (C=O) groups excluding carboxylic acids is 2. The summed E-state index contributed by atoms with van der Waals surface area (Å²) >= 11 is 6.19. The van der Waals surface area contributed by atoms with E-state index in [1.54, 1.807) is 55.5 Å². The number of anilines is 1. The van der Waals surface area contributed by atoms with E-state index in [2.05, 4.69) is 5.32 Å². The maximum Gasteiger partial charge on any atom is 0.264 e. The maximum atomic E-state index is 14.0. The fourth-order valence-electron chi connectivity index (χ4n) is 4.24. The fourth-order valence-corrected chi connectivity index (χ4v) is 5.92. The Bertz CT molecular complexity index is 1370. The minimum atomic E-state index is -4.09. The molecule has 0 aromatic heterocycles. The highest BCUT2D eigenvalue weighted by Gasteiger charge is 2.33. The molecule has 0 heterocycles. The number of nitrogens with zero attached hydrogens (tertiary/aromatic N) is 2. The van der Waals surface area contributed by atoms with Crippen molar-refractivity contribution in [2.75, 3.05) is 17.4 Å². The number of benzene rings is 3. The first kappa shape index (κ1) is 30.2. The summed E-state index contributed by atoms with van der Waals surface area (Å²) in [6, 6.07) is 21.4. The summed E-state index contributed by atoms with van der Waals surface area (Å²) in [5, 5.41) is 3.39. The van der Waals surface area contributed by atoms with E-state index < -0.39 is 28.5 Å². The van der Waals surface area contributed by atoms with Gasteiger partial charge in [-0.05, 0) is 61.2 Å². The number of rotatable bonds is 13. The maximum absolute atomic E-state index is 14.0. The number of hydrogen-bond donors (Lipinski definition) is 1. The third kappa shape index (κ3) is 7.83. The molecule has 1 N–H and O–H groups in total.